The molecule has 0 bridgehead atoms. The van der Waals surface area contributed by atoms with Crippen LogP contribution in [0.25, 0.3) is 0 Å². The summed E-state index contributed by atoms with van der Waals surface area (Å²) in [5.41, 5.74) is 2.50. The molecule has 0 aliphatic carbocycles. The van der Waals surface area contributed by atoms with E-state index in [2.05, 4.69) is 44.0 Å². The number of amides is 1. The number of nitrogens with one attached hydrogen (secondary N) is 1. The van der Waals surface area contributed by atoms with Crippen molar-refractivity contribution in [1.29, 1.82) is 0 Å². The standard InChI is InChI=1S/C16H21N7O2/c1-10(2)15-17-5-6-23(15)8-12-7-13(19-18-12)16(24)22(4)9-14-11(3)20-25-21-14/h5-7,10H,8-9H2,1-4H3,(H,18,19). The second-order valence-electron chi connectivity index (χ2n) is 6.30. The summed E-state index contributed by atoms with van der Waals surface area (Å²) in [6.45, 7) is 6.88. The predicted octanol–water partition coefficient (Wildman–Crippen LogP) is 1.74. The molecule has 0 radical (unpaired) electrons. The third kappa shape index (κ3) is 3.59. The van der Waals surface area contributed by atoms with Crippen LogP contribution in [0.5, 0.6) is 0 Å². The van der Waals surface area contributed by atoms with Gasteiger partial charge in [-0.05, 0) is 13.0 Å². The largest absolute Gasteiger partial charge is 0.334 e. The Balaban J connectivity index is 1.69. The van der Waals surface area contributed by atoms with Gasteiger partial charge in [-0.1, -0.05) is 24.2 Å². The second kappa shape index (κ2) is 6.88. The Hall–Kier alpha value is -2.97. The normalized spacial score (nSPS) is 11.2. The molecule has 0 saturated carbocycles. The molecule has 0 fully saturated rings. The van der Waals surface area contributed by atoms with Gasteiger partial charge in [-0.25, -0.2) is 9.61 Å². The Morgan fingerprint density at radius 3 is 2.88 bits per heavy atom. The molecule has 0 aromatic carbocycles. The Morgan fingerprint density at radius 2 is 2.20 bits per heavy atom. The molecular weight excluding hydrogens is 322 g/mol. The number of imidazole rings is 1. The van der Waals surface area contributed by atoms with Gasteiger partial charge in [0, 0.05) is 25.4 Å². The Kier molecular flexibility index (Phi) is 4.64. The van der Waals surface area contributed by atoms with Crippen molar-refractivity contribution in [2.45, 2.75) is 39.8 Å². The van der Waals surface area contributed by atoms with Crippen molar-refractivity contribution in [2.75, 3.05) is 7.05 Å². The molecule has 3 heterocycles. The van der Waals surface area contributed by atoms with Crippen molar-refractivity contribution >= 4 is 5.91 Å². The highest BCUT2D eigenvalue weighted by molar-refractivity contribution is 5.92. The van der Waals surface area contributed by atoms with Crippen LogP contribution in [-0.2, 0) is 13.1 Å². The zero-order valence-electron chi connectivity index (χ0n) is 14.7. The quantitative estimate of drug-likeness (QED) is 0.731. The summed E-state index contributed by atoms with van der Waals surface area (Å²) in [4.78, 5) is 18.4. The fourth-order valence-corrected chi connectivity index (χ4v) is 2.58. The number of hydrogen-bond acceptors (Lipinski definition) is 6. The fourth-order valence-electron chi connectivity index (χ4n) is 2.58. The van der Waals surface area contributed by atoms with E-state index in [4.69, 9.17) is 0 Å². The molecule has 9 heteroatoms. The van der Waals surface area contributed by atoms with Gasteiger partial charge < -0.3 is 9.47 Å². The third-order valence-electron chi connectivity index (χ3n) is 3.93. The third-order valence-corrected chi connectivity index (χ3v) is 3.93. The minimum absolute atomic E-state index is 0.195. The van der Waals surface area contributed by atoms with Gasteiger partial charge in [-0.2, -0.15) is 5.10 Å². The summed E-state index contributed by atoms with van der Waals surface area (Å²) in [5.74, 6) is 1.12. The van der Waals surface area contributed by atoms with Gasteiger partial charge in [0.05, 0.1) is 18.8 Å². The summed E-state index contributed by atoms with van der Waals surface area (Å²) >= 11 is 0. The highest BCUT2D eigenvalue weighted by Crippen LogP contribution is 2.14. The maximum Gasteiger partial charge on any atom is 0.274 e. The average Bonchev–Trinajstić information content (AvgIpc) is 3.29. The highest BCUT2D eigenvalue weighted by Gasteiger charge is 2.18. The molecule has 0 saturated heterocycles. The number of rotatable bonds is 6. The SMILES string of the molecule is Cc1nonc1CN(C)C(=O)c1cc(Cn2ccnc2C(C)C)[nH]n1. The summed E-state index contributed by atoms with van der Waals surface area (Å²) in [6, 6.07) is 1.76. The maximum atomic E-state index is 12.5. The molecule has 132 valence electrons. The zero-order valence-corrected chi connectivity index (χ0v) is 14.7. The van der Waals surface area contributed by atoms with Crippen molar-refractivity contribution in [2.24, 2.45) is 0 Å². The topological polar surface area (TPSA) is 106 Å². The first-order valence-electron chi connectivity index (χ1n) is 8.04. The Morgan fingerprint density at radius 1 is 1.40 bits per heavy atom. The lowest BCUT2D eigenvalue weighted by Crippen LogP contribution is -2.27. The van der Waals surface area contributed by atoms with Gasteiger partial charge >= 0.3 is 0 Å². The zero-order chi connectivity index (χ0) is 18.0. The van der Waals surface area contributed by atoms with Gasteiger partial charge in [0.25, 0.3) is 5.91 Å². The summed E-state index contributed by atoms with van der Waals surface area (Å²) in [6.07, 6.45) is 3.70. The van der Waals surface area contributed by atoms with Gasteiger partial charge in [0.1, 0.15) is 22.9 Å². The van der Waals surface area contributed by atoms with Gasteiger partial charge in [-0.15, -0.1) is 0 Å². The van der Waals surface area contributed by atoms with Gasteiger partial charge in [0.2, 0.25) is 0 Å². The van der Waals surface area contributed by atoms with E-state index in [-0.39, 0.29) is 5.91 Å². The number of aromatic amines is 1. The monoisotopic (exact) mass is 343 g/mol. The lowest BCUT2D eigenvalue weighted by Gasteiger charge is -2.13. The molecule has 1 amide bonds. The van der Waals surface area contributed by atoms with Crippen LogP contribution in [0.3, 0.4) is 0 Å². The molecule has 3 rings (SSSR count). The van der Waals surface area contributed by atoms with Crippen LogP contribution in [0.1, 0.15) is 53.2 Å². The Bertz CT molecular complexity index is 861. The first-order chi connectivity index (χ1) is 12.0. The van der Waals surface area contributed by atoms with Crippen LogP contribution in [0.15, 0.2) is 23.1 Å². The molecule has 1 N–H and O–H groups in total. The van der Waals surface area contributed by atoms with Crippen molar-refractivity contribution in [3.05, 3.63) is 47.1 Å². The predicted molar refractivity (Wildman–Crippen MR) is 88.8 cm³/mol. The van der Waals surface area contributed by atoms with E-state index in [9.17, 15) is 4.79 Å². The fraction of sp³-hybridized carbons (Fsp3) is 0.438. The van der Waals surface area contributed by atoms with E-state index >= 15 is 0 Å². The average molecular weight is 343 g/mol. The van der Waals surface area contributed by atoms with Crippen LogP contribution in [0.4, 0.5) is 0 Å². The molecule has 0 aliphatic heterocycles. The molecule has 0 aliphatic rings. The number of hydrogen-bond donors (Lipinski definition) is 1. The van der Waals surface area contributed by atoms with Crippen molar-refractivity contribution in [3.8, 4) is 0 Å². The summed E-state index contributed by atoms with van der Waals surface area (Å²) in [7, 11) is 1.69. The second-order valence-corrected chi connectivity index (χ2v) is 6.30. The number of aromatic nitrogens is 6. The van der Waals surface area contributed by atoms with E-state index < -0.39 is 0 Å². The molecular formula is C16H21N7O2. The number of carbonyl (C=O) groups excluding carboxylic acids is 1. The molecule has 0 unspecified atom stereocenters. The maximum absolute atomic E-state index is 12.5. The summed E-state index contributed by atoms with van der Waals surface area (Å²) < 4.78 is 6.70. The molecule has 9 nitrogen and oxygen atoms in total. The minimum Gasteiger partial charge on any atom is -0.334 e. The lowest BCUT2D eigenvalue weighted by atomic mass is 10.2. The Labute approximate surface area is 145 Å². The van der Waals surface area contributed by atoms with Crippen LogP contribution in [0.2, 0.25) is 0 Å². The number of carbonyl (C=O) groups is 1. The van der Waals surface area contributed by atoms with Gasteiger partial charge in [-0.3, -0.25) is 9.89 Å². The van der Waals surface area contributed by atoms with E-state index in [0.717, 1.165) is 11.5 Å². The molecule has 3 aromatic rings. The van der Waals surface area contributed by atoms with E-state index in [0.29, 0.717) is 36.1 Å². The molecule has 3 aromatic heterocycles. The van der Waals surface area contributed by atoms with E-state index in [1.807, 2.05) is 10.8 Å². The van der Waals surface area contributed by atoms with Crippen molar-refractivity contribution < 1.29 is 9.42 Å². The molecule has 0 spiro atoms. The number of aryl methyl sites for hydroxylation is 1. The minimum atomic E-state index is -0.195. The number of nitrogens with zero attached hydrogens (tertiary/aromatic N) is 6. The molecule has 0 atom stereocenters. The lowest BCUT2D eigenvalue weighted by molar-refractivity contribution is 0.0776. The van der Waals surface area contributed by atoms with E-state index in [1.165, 1.54) is 4.90 Å². The first-order valence-corrected chi connectivity index (χ1v) is 8.04. The van der Waals surface area contributed by atoms with Crippen LogP contribution >= 0.6 is 0 Å². The number of H-pyrrole nitrogens is 1. The van der Waals surface area contributed by atoms with Crippen LogP contribution < -0.4 is 0 Å². The van der Waals surface area contributed by atoms with E-state index in [1.54, 1.807) is 26.2 Å². The van der Waals surface area contributed by atoms with Crippen molar-refractivity contribution in [3.63, 3.8) is 0 Å². The smallest absolute Gasteiger partial charge is 0.274 e. The highest BCUT2D eigenvalue weighted by atomic mass is 16.6. The summed E-state index contributed by atoms with van der Waals surface area (Å²) in [5, 5.41) is 14.6. The van der Waals surface area contributed by atoms with Crippen LogP contribution in [-0.4, -0.2) is 47.9 Å². The van der Waals surface area contributed by atoms with Crippen LogP contribution in [0, 0.1) is 6.92 Å². The first kappa shape index (κ1) is 16.9. The van der Waals surface area contributed by atoms with Gasteiger partial charge in [0.15, 0.2) is 0 Å². The molecule has 25 heavy (non-hydrogen) atoms. The van der Waals surface area contributed by atoms with Crippen molar-refractivity contribution in [1.82, 2.24) is 35.0 Å².